The number of nitrogens with zero attached hydrogens (tertiary/aromatic N) is 1. The SMILES string of the molecule is C#CCN(CCC)S(=O)(=O)c1ccc2c(c1)NCCC2. The van der Waals surface area contributed by atoms with Crippen molar-refractivity contribution in [2.75, 3.05) is 25.0 Å². The fraction of sp³-hybridized carbons (Fsp3) is 0.467. The van der Waals surface area contributed by atoms with E-state index in [1.165, 1.54) is 9.87 Å². The standard InChI is InChI=1S/C15H20N2O2S/c1-3-10-17(11-4-2)20(18,19)14-8-7-13-6-5-9-16-15(13)12-14/h1,7-8,12,16H,4-6,9-11H2,2H3. The molecule has 1 aliphatic heterocycles. The van der Waals surface area contributed by atoms with Gasteiger partial charge in [-0.05, 0) is 37.0 Å². The van der Waals surface area contributed by atoms with Crippen LogP contribution in [0.1, 0.15) is 25.3 Å². The molecule has 2 rings (SSSR count). The maximum absolute atomic E-state index is 12.6. The first-order valence-corrected chi connectivity index (χ1v) is 8.34. The molecule has 1 aliphatic rings. The van der Waals surface area contributed by atoms with Gasteiger partial charge in [-0.3, -0.25) is 0 Å². The third-order valence-electron chi connectivity index (χ3n) is 3.40. The molecule has 20 heavy (non-hydrogen) atoms. The van der Waals surface area contributed by atoms with Gasteiger partial charge in [0.2, 0.25) is 10.0 Å². The zero-order valence-electron chi connectivity index (χ0n) is 11.7. The number of terminal acetylenes is 1. The molecule has 1 heterocycles. The van der Waals surface area contributed by atoms with Crippen LogP contribution in [0.4, 0.5) is 5.69 Å². The van der Waals surface area contributed by atoms with Gasteiger partial charge in [-0.25, -0.2) is 8.42 Å². The Morgan fingerprint density at radius 2 is 2.25 bits per heavy atom. The molecule has 108 valence electrons. The van der Waals surface area contributed by atoms with E-state index >= 15 is 0 Å². The van der Waals surface area contributed by atoms with Crippen LogP contribution in [0.25, 0.3) is 0 Å². The van der Waals surface area contributed by atoms with Crippen LogP contribution >= 0.6 is 0 Å². The Morgan fingerprint density at radius 1 is 1.45 bits per heavy atom. The van der Waals surface area contributed by atoms with Gasteiger partial charge >= 0.3 is 0 Å². The molecule has 0 unspecified atom stereocenters. The Kier molecular flexibility index (Phi) is 4.69. The molecule has 5 heteroatoms. The predicted molar refractivity (Wildman–Crippen MR) is 81.1 cm³/mol. The van der Waals surface area contributed by atoms with Gasteiger partial charge in [-0.1, -0.05) is 18.9 Å². The van der Waals surface area contributed by atoms with Gasteiger partial charge in [0.25, 0.3) is 0 Å². The Balaban J connectivity index is 2.35. The van der Waals surface area contributed by atoms with E-state index < -0.39 is 10.0 Å². The number of benzene rings is 1. The van der Waals surface area contributed by atoms with Crippen molar-refractivity contribution in [2.45, 2.75) is 31.1 Å². The number of aryl methyl sites for hydroxylation is 1. The molecule has 0 aliphatic carbocycles. The smallest absolute Gasteiger partial charge is 0.244 e. The third kappa shape index (κ3) is 2.97. The molecule has 0 fully saturated rings. The summed E-state index contributed by atoms with van der Waals surface area (Å²) in [6.45, 7) is 3.38. The normalized spacial score (nSPS) is 14.4. The maximum atomic E-state index is 12.6. The van der Waals surface area contributed by atoms with E-state index in [1.54, 1.807) is 12.1 Å². The summed E-state index contributed by atoms with van der Waals surface area (Å²) in [4.78, 5) is 0.314. The van der Waals surface area contributed by atoms with Crippen molar-refractivity contribution in [1.82, 2.24) is 4.31 Å². The van der Waals surface area contributed by atoms with Crippen LogP contribution in [-0.2, 0) is 16.4 Å². The van der Waals surface area contributed by atoms with Gasteiger partial charge < -0.3 is 5.32 Å². The molecule has 0 spiro atoms. The molecule has 0 radical (unpaired) electrons. The number of nitrogens with one attached hydrogen (secondary N) is 1. The van der Waals surface area contributed by atoms with Crippen molar-refractivity contribution in [3.63, 3.8) is 0 Å². The second kappa shape index (κ2) is 6.29. The molecule has 0 saturated carbocycles. The molecule has 1 aromatic rings. The van der Waals surface area contributed by atoms with Crippen molar-refractivity contribution in [1.29, 1.82) is 0 Å². The lowest BCUT2D eigenvalue weighted by Gasteiger charge is -2.22. The monoisotopic (exact) mass is 292 g/mol. The molecule has 1 N–H and O–H groups in total. The molecule has 0 amide bonds. The van der Waals surface area contributed by atoms with Crippen LogP contribution in [-0.4, -0.2) is 32.4 Å². The number of fused-ring (bicyclic) bond motifs is 1. The Morgan fingerprint density at radius 3 is 2.95 bits per heavy atom. The second-order valence-corrected chi connectivity index (χ2v) is 6.83. The number of sulfonamides is 1. The molecule has 0 saturated heterocycles. The average molecular weight is 292 g/mol. The van der Waals surface area contributed by atoms with Crippen LogP contribution in [0.5, 0.6) is 0 Å². The van der Waals surface area contributed by atoms with Crippen LogP contribution < -0.4 is 5.32 Å². The van der Waals surface area contributed by atoms with Gasteiger partial charge in [0, 0.05) is 18.8 Å². The minimum Gasteiger partial charge on any atom is -0.385 e. The van der Waals surface area contributed by atoms with E-state index in [2.05, 4.69) is 11.2 Å². The first-order chi connectivity index (χ1) is 9.59. The van der Waals surface area contributed by atoms with Crippen LogP contribution in [0.15, 0.2) is 23.1 Å². The summed E-state index contributed by atoms with van der Waals surface area (Å²) >= 11 is 0. The summed E-state index contributed by atoms with van der Waals surface area (Å²) in [6.07, 6.45) is 8.09. The highest BCUT2D eigenvalue weighted by molar-refractivity contribution is 7.89. The quantitative estimate of drug-likeness (QED) is 0.845. The maximum Gasteiger partial charge on any atom is 0.244 e. The van der Waals surface area contributed by atoms with E-state index in [9.17, 15) is 8.42 Å². The van der Waals surface area contributed by atoms with E-state index in [4.69, 9.17) is 6.42 Å². The fourth-order valence-corrected chi connectivity index (χ4v) is 3.86. The Hall–Kier alpha value is -1.51. The van der Waals surface area contributed by atoms with Crippen molar-refractivity contribution in [2.24, 2.45) is 0 Å². The average Bonchev–Trinajstić information content (AvgIpc) is 2.46. The van der Waals surface area contributed by atoms with Crippen molar-refractivity contribution in [3.05, 3.63) is 23.8 Å². The van der Waals surface area contributed by atoms with Gasteiger partial charge in [0.05, 0.1) is 11.4 Å². The zero-order valence-corrected chi connectivity index (χ0v) is 12.5. The second-order valence-electron chi connectivity index (χ2n) is 4.89. The highest BCUT2D eigenvalue weighted by Crippen LogP contribution is 2.26. The summed E-state index contributed by atoms with van der Waals surface area (Å²) < 4.78 is 26.6. The fourth-order valence-electron chi connectivity index (χ4n) is 2.38. The summed E-state index contributed by atoms with van der Waals surface area (Å²) in [5.74, 6) is 2.42. The van der Waals surface area contributed by atoms with Crippen molar-refractivity contribution < 1.29 is 8.42 Å². The Labute approximate surface area is 121 Å². The highest BCUT2D eigenvalue weighted by Gasteiger charge is 2.24. The summed E-state index contributed by atoms with van der Waals surface area (Å²) in [5, 5.41) is 3.25. The first kappa shape index (κ1) is 14.9. The lowest BCUT2D eigenvalue weighted by atomic mass is 10.0. The van der Waals surface area contributed by atoms with E-state index in [0.717, 1.165) is 31.5 Å². The van der Waals surface area contributed by atoms with Crippen LogP contribution in [0, 0.1) is 12.3 Å². The number of hydrogen-bond donors (Lipinski definition) is 1. The predicted octanol–water partition coefficient (Wildman–Crippen LogP) is 2.08. The van der Waals surface area contributed by atoms with Gasteiger partial charge in [-0.2, -0.15) is 4.31 Å². The molecule has 4 nitrogen and oxygen atoms in total. The summed E-state index contributed by atoms with van der Waals surface area (Å²) in [6, 6.07) is 5.30. The summed E-state index contributed by atoms with van der Waals surface area (Å²) in [5.41, 5.74) is 2.10. The number of rotatable bonds is 5. The van der Waals surface area contributed by atoms with Crippen molar-refractivity contribution in [3.8, 4) is 12.3 Å². The van der Waals surface area contributed by atoms with E-state index in [1.807, 2.05) is 13.0 Å². The molecule has 0 aromatic heterocycles. The van der Waals surface area contributed by atoms with Gasteiger partial charge in [0.15, 0.2) is 0 Å². The summed E-state index contributed by atoms with van der Waals surface area (Å²) in [7, 11) is -3.51. The minimum atomic E-state index is -3.51. The Bertz CT molecular complexity index is 617. The van der Waals surface area contributed by atoms with Gasteiger partial charge in [-0.15, -0.1) is 6.42 Å². The van der Waals surface area contributed by atoms with Gasteiger partial charge in [0.1, 0.15) is 0 Å². The molecule has 0 bridgehead atoms. The number of hydrogen-bond acceptors (Lipinski definition) is 3. The molecule has 0 atom stereocenters. The highest BCUT2D eigenvalue weighted by atomic mass is 32.2. The van der Waals surface area contributed by atoms with Crippen molar-refractivity contribution >= 4 is 15.7 Å². The zero-order chi connectivity index (χ0) is 14.6. The van der Waals surface area contributed by atoms with Crippen LogP contribution in [0.2, 0.25) is 0 Å². The lowest BCUT2D eigenvalue weighted by molar-refractivity contribution is 0.445. The van der Waals surface area contributed by atoms with Crippen LogP contribution in [0.3, 0.4) is 0 Å². The minimum absolute atomic E-state index is 0.112. The largest absolute Gasteiger partial charge is 0.385 e. The molecular formula is C15H20N2O2S. The molecule has 1 aromatic carbocycles. The number of anilines is 1. The topological polar surface area (TPSA) is 49.4 Å². The molecular weight excluding hydrogens is 272 g/mol. The van der Waals surface area contributed by atoms with E-state index in [0.29, 0.717) is 11.4 Å². The lowest BCUT2D eigenvalue weighted by Crippen LogP contribution is -2.32. The first-order valence-electron chi connectivity index (χ1n) is 6.90. The third-order valence-corrected chi connectivity index (χ3v) is 5.24. The van der Waals surface area contributed by atoms with E-state index in [-0.39, 0.29) is 6.54 Å².